The molecule has 0 amide bonds. The average Bonchev–Trinajstić information content (AvgIpc) is 2.96. The molecule has 1 heterocycles. The van der Waals surface area contributed by atoms with E-state index in [4.69, 9.17) is 0 Å². The summed E-state index contributed by atoms with van der Waals surface area (Å²) in [5.74, 6) is 0.979. The summed E-state index contributed by atoms with van der Waals surface area (Å²) in [6.45, 7) is 0. The standard InChI is InChI=1S/C13H24N4/c1-14-12(8-7-11-5-3-4-6-11)9-13-10-17(2)16-15-13/h10-12,14H,3-9H2,1-2H3. The van der Waals surface area contributed by atoms with E-state index in [2.05, 4.69) is 22.7 Å². The third-order valence-electron chi connectivity index (χ3n) is 3.91. The monoisotopic (exact) mass is 236 g/mol. The molecule has 1 aromatic heterocycles. The van der Waals surface area contributed by atoms with Crippen LogP contribution in [0.1, 0.15) is 44.2 Å². The molecule has 0 aliphatic heterocycles. The summed E-state index contributed by atoms with van der Waals surface area (Å²) >= 11 is 0. The largest absolute Gasteiger partial charge is 0.317 e. The molecule has 1 fully saturated rings. The van der Waals surface area contributed by atoms with E-state index in [9.17, 15) is 0 Å². The number of nitrogens with zero attached hydrogens (tertiary/aromatic N) is 3. The lowest BCUT2D eigenvalue weighted by molar-refractivity contribution is 0.416. The van der Waals surface area contributed by atoms with Crippen LogP contribution in [0.5, 0.6) is 0 Å². The maximum absolute atomic E-state index is 4.16. The summed E-state index contributed by atoms with van der Waals surface area (Å²) in [6, 6.07) is 0.548. The number of rotatable bonds is 6. The van der Waals surface area contributed by atoms with Crippen LogP contribution in [-0.4, -0.2) is 28.1 Å². The van der Waals surface area contributed by atoms with Gasteiger partial charge in [0.05, 0.1) is 5.69 Å². The van der Waals surface area contributed by atoms with Crippen molar-refractivity contribution in [1.82, 2.24) is 20.3 Å². The molecule has 0 radical (unpaired) electrons. The van der Waals surface area contributed by atoms with Gasteiger partial charge in [-0.3, -0.25) is 4.68 Å². The van der Waals surface area contributed by atoms with Crippen molar-refractivity contribution in [3.8, 4) is 0 Å². The molecule has 0 aromatic carbocycles. The summed E-state index contributed by atoms with van der Waals surface area (Å²) in [7, 11) is 3.97. The molecule has 0 spiro atoms. The van der Waals surface area contributed by atoms with Gasteiger partial charge in [0.15, 0.2) is 0 Å². The Hall–Kier alpha value is -0.900. The predicted molar refractivity (Wildman–Crippen MR) is 68.7 cm³/mol. The normalized spacial score (nSPS) is 18.7. The fourth-order valence-corrected chi connectivity index (χ4v) is 2.83. The Morgan fingerprint density at radius 2 is 2.24 bits per heavy atom. The van der Waals surface area contributed by atoms with Crippen molar-refractivity contribution in [1.29, 1.82) is 0 Å². The van der Waals surface area contributed by atoms with E-state index in [-0.39, 0.29) is 0 Å². The van der Waals surface area contributed by atoms with Crippen LogP contribution in [0.4, 0.5) is 0 Å². The highest BCUT2D eigenvalue weighted by atomic mass is 15.4. The molecule has 1 N–H and O–H groups in total. The molecule has 0 saturated heterocycles. The van der Waals surface area contributed by atoms with Gasteiger partial charge in [-0.2, -0.15) is 0 Å². The average molecular weight is 236 g/mol. The zero-order valence-electron chi connectivity index (χ0n) is 11.0. The lowest BCUT2D eigenvalue weighted by Crippen LogP contribution is -2.28. The highest BCUT2D eigenvalue weighted by molar-refractivity contribution is 4.95. The van der Waals surface area contributed by atoms with Gasteiger partial charge in [0.1, 0.15) is 0 Å². The molecular formula is C13H24N4. The van der Waals surface area contributed by atoms with Gasteiger partial charge in [-0.1, -0.05) is 30.9 Å². The van der Waals surface area contributed by atoms with Crippen LogP contribution in [0, 0.1) is 5.92 Å². The summed E-state index contributed by atoms with van der Waals surface area (Å²) in [4.78, 5) is 0. The van der Waals surface area contributed by atoms with Crippen LogP contribution in [0.2, 0.25) is 0 Å². The Balaban J connectivity index is 1.75. The Morgan fingerprint density at radius 3 is 2.82 bits per heavy atom. The first kappa shape index (κ1) is 12.6. The third kappa shape index (κ3) is 3.80. The van der Waals surface area contributed by atoms with Gasteiger partial charge in [-0.15, -0.1) is 5.10 Å². The first-order valence-corrected chi connectivity index (χ1v) is 6.80. The summed E-state index contributed by atoms with van der Waals surface area (Å²) in [5.41, 5.74) is 1.10. The maximum atomic E-state index is 4.16. The van der Waals surface area contributed by atoms with E-state index in [1.54, 1.807) is 4.68 Å². The number of nitrogens with one attached hydrogen (secondary N) is 1. The van der Waals surface area contributed by atoms with Crippen LogP contribution in [0.25, 0.3) is 0 Å². The molecule has 0 bridgehead atoms. The van der Waals surface area contributed by atoms with E-state index in [0.717, 1.165) is 18.0 Å². The van der Waals surface area contributed by atoms with Crippen molar-refractivity contribution >= 4 is 0 Å². The van der Waals surface area contributed by atoms with Crippen molar-refractivity contribution in [2.75, 3.05) is 7.05 Å². The van der Waals surface area contributed by atoms with Gasteiger partial charge in [-0.25, -0.2) is 0 Å². The van der Waals surface area contributed by atoms with Gasteiger partial charge < -0.3 is 5.32 Å². The van der Waals surface area contributed by atoms with E-state index in [0.29, 0.717) is 6.04 Å². The zero-order chi connectivity index (χ0) is 12.1. The lowest BCUT2D eigenvalue weighted by Gasteiger charge is -2.17. The number of aromatic nitrogens is 3. The van der Waals surface area contributed by atoms with Gasteiger partial charge in [-0.05, 0) is 25.8 Å². The second kappa shape index (κ2) is 6.15. The third-order valence-corrected chi connectivity index (χ3v) is 3.91. The van der Waals surface area contributed by atoms with Crippen molar-refractivity contribution in [3.63, 3.8) is 0 Å². The van der Waals surface area contributed by atoms with Crippen LogP contribution >= 0.6 is 0 Å². The summed E-state index contributed by atoms with van der Waals surface area (Å²) < 4.78 is 1.78. The lowest BCUT2D eigenvalue weighted by atomic mass is 9.96. The van der Waals surface area contributed by atoms with Crippen LogP contribution < -0.4 is 5.32 Å². The second-order valence-electron chi connectivity index (χ2n) is 5.30. The number of likely N-dealkylation sites (N-methyl/N-ethyl adjacent to an activating group) is 1. The summed E-state index contributed by atoms with van der Waals surface area (Å²) in [6.07, 6.45) is 11.4. The van der Waals surface area contributed by atoms with Gasteiger partial charge in [0.2, 0.25) is 0 Å². The first-order chi connectivity index (χ1) is 8.28. The number of hydrogen-bond donors (Lipinski definition) is 1. The summed E-state index contributed by atoms with van der Waals surface area (Å²) in [5, 5.41) is 11.5. The van der Waals surface area contributed by atoms with E-state index >= 15 is 0 Å². The highest BCUT2D eigenvalue weighted by Gasteiger charge is 2.17. The molecule has 4 heteroatoms. The van der Waals surface area contributed by atoms with E-state index in [1.165, 1.54) is 38.5 Å². The van der Waals surface area contributed by atoms with Crippen molar-refractivity contribution in [2.45, 2.75) is 51.0 Å². The minimum absolute atomic E-state index is 0.548. The van der Waals surface area contributed by atoms with Crippen molar-refractivity contribution < 1.29 is 0 Å². The molecule has 1 saturated carbocycles. The van der Waals surface area contributed by atoms with Gasteiger partial charge in [0, 0.05) is 25.7 Å². The molecule has 17 heavy (non-hydrogen) atoms. The second-order valence-corrected chi connectivity index (χ2v) is 5.30. The zero-order valence-corrected chi connectivity index (χ0v) is 11.0. The molecule has 1 atom stereocenters. The molecule has 1 aliphatic carbocycles. The van der Waals surface area contributed by atoms with Gasteiger partial charge >= 0.3 is 0 Å². The van der Waals surface area contributed by atoms with Crippen LogP contribution in [-0.2, 0) is 13.5 Å². The van der Waals surface area contributed by atoms with Crippen molar-refractivity contribution in [2.24, 2.45) is 13.0 Å². The maximum Gasteiger partial charge on any atom is 0.0842 e. The molecule has 2 rings (SSSR count). The Bertz CT molecular complexity index is 328. The predicted octanol–water partition coefficient (Wildman–Crippen LogP) is 1.92. The topological polar surface area (TPSA) is 42.7 Å². The Kier molecular flexibility index (Phi) is 4.54. The van der Waals surface area contributed by atoms with Gasteiger partial charge in [0.25, 0.3) is 0 Å². The minimum Gasteiger partial charge on any atom is -0.317 e. The fourth-order valence-electron chi connectivity index (χ4n) is 2.83. The Labute approximate surface area is 104 Å². The molecule has 1 unspecified atom stereocenters. The van der Waals surface area contributed by atoms with E-state index < -0.39 is 0 Å². The number of aryl methyl sites for hydroxylation is 1. The molecule has 96 valence electrons. The van der Waals surface area contributed by atoms with Crippen LogP contribution in [0.3, 0.4) is 0 Å². The Morgan fingerprint density at radius 1 is 1.47 bits per heavy atom. The minimum atomic E-state index is 0.548. The SMILES string of the molecule is CNC(CCC1CCCC1)Cc1cn(C)nn1. The molecule has 1 aromatic rings. The molecular weight excluding hydrogens is 212 g/mol. The first-order valence-electron chi connectivity index (χ1n) is 6.80. The quantitative estimate of drug-likeness (QED) is 0.820. The molecule has 1 aliphatic rings. The smallest absolute Gasteiger partial charge is 0.0842 e. The highest BCUT2D eigenvalue weighted by Crippen LogP contribution is 2.29. The molecule has 4 nitrogen and oxygen atoms in total. The van der Waals surface area contributed by atoms with Crippen molar-refractivity contribution in [3.05, 3.63) is 11.9 Å². The van der Waals surface area contributed by atoms with Crippen LogP contribution in [0.15, 0.2) is 6.20 Å². The number of hydrogen-bond acceptors (Lipinski definition) is 3. The fraction of sp³-hybridized carbons (Fsp3) is 0.846. The van der Waals surface area contributed by atoms with E-state index in [1.807, 2.05) is 13.2 Å².